The van der Waals surface area contributed by atoms with Crippen molar-refractivity contribution in [3.8, 4) is 11.8 Å². The number of likely N-dealkylation sites (tertiary alicyclic amines) is 1. The smallest absolute Gasteiger partial charge is 0.233 e. The standard InChI is InChI=1S/C14H19NO2/c1-3-5-6-7-15-13(16)11-8-10(4-2)9-12(11)14(15)17/h10-12H,4,6-9H2,1-2H3. The fourth-order valence-corrected chi connectivity index (χ4v) is 3.04. The van der Waals surface area contributed by atoms with Crippen LogP contribution >= 0.6 is 0 Å². The Bertz CT molecular complexity index is 367. The zero-order valence-electron chi connectivity index (χ0n) is 10.5. The topological polar surface area (TPSA) is 37.4 Å². The highest BCUT2D eigenvalue weighted by atomic mass is 16.2. The lowest BCUT2D eigenvalue weighted by Gasteiger charge is -2.16. The monoisotopic (exact) mass is 233 g/mol. The van der Waals surface area contributed by atoms with E-state index >= 15 is 0 Å². The molecular formula is C14H19NO2. The van der Waals surface area contributed by atoms with Crippen LogP contribution in [0.1, 0.15) is 39.5 Å². The van der Waals surface area contributed by atoms with Crippen LogP contribution in [0.4, 0.5) is 0 Å². The Morgan fingerprint density at radius 2 is 1.82 bits per heavy atom. The van der Waals surface area contributed by atoms with Crippen LogP contribution in [0.15, 0.2) is 0 Å². The molecule has 2 rings (SSSR count). The molecule has 1 saturated heterocycles. The summed E-state index contributed by atoms with van der Waals surface area (Å²) in [6.07, 6.45) is 3.49. The summed E-state index contributed by atoms with van der Waals surface area (Å²) in [5.74, 6) is 6.31. The van der Waals surface area contributed by atoms with E-state index in [0.29, 0.717) is 18.9 Å². The first-order chi connectivity index (χ1) is 8.19. The van der Waals surface area contributed by atoms with Crippen LogP contribution in [-0.2, 0) is 9.59 Å². The largest absolute Gasteiger partial charge is 0.281 e. The van der Waals surface area contributed by atoms with Crippen LogP contribution in [0.2, 0.25) is 0 Å². The van der Waals surface area contributed by atoms with Gasteiger partial charge in [-0.3, -0.25) is 14.5 Å². The van der Waals surface area contributed by atoms with Crippen LogP contribution in [0.25, 0.3) is 0 Å². The fraction of sp³-hybridized carbons (Fsp3) is 0.714. The number of fused-ring (bicyclic) bond motifs is 1. The van der Waals surface area contributed by atoms with E-state index in [1.54, 1.807) is 6.92 Å². The van der Waals surface area contributed by atoms with Gasteiger partial charge in [0.1, 0.15) is 0 Å². The zero-order valence-corrected chi connectivity index (χ0v) is 10.5. The molecule has 1 aliphatic carbocycles. The summed E-state index contributed by atoms with van der Waals surface area (Å²) < 4.78 is 0. The Kier molecular flexibility index (Phi) is 3.51. The second-order valence-electron chi connectivity index (χ2n) is 4.96. The van der Waals surface area contributed by atoms with Crippen molar-refractivity contribution < 1.29 is 9.59 Å². The molecule has 0 bridgehead atoms. The predicted octanol–water partition coefficient (Wildman–Crippen LogP) is 1.82. The lowest BCUT2D eigenvalue weighted by Crippen LogP contribution is -2.33. The lowest BCUT2D eigenvalue weighted by atomic mass is 10.00. The van der Waals surface area contributed by atoms with Crippen LogP contribution in [0.5, 0.6) is 0 Å². The Hall–Kier alpha value is -1.30. The number of rotatable bonds is 3. The molecule has 17 heavy (non-hydrogen) atoms. The Balaban J connectivity index is 2.02. The van der Waals surface area contributed by atoms with E-state index in [0.717, 1.165) is 19.3 Å². The average molecular weight is 233 g/mol. The van der Waals surface area contributed by atoms with Crippen LogP contribution in [0.3, 0.4) is 0 Å². The highest BCUT2D eigenvalue weighted by Gasteiger charge is 2.51. The van der Waals surface area contributed by atoms with E-state index < -0.39 is 0 Å². The molecule has 0 aromatic carbocycles. The number of hydrogen-bond donors (Lipinski definition) is 0. The van der Waals surface area contributed by atoms with E-state index in [4.69, 9.17) is 0 Å². The molecule has 0 aromatic rings. The molecular weight excluding hydrogens is 214 g/mol. The molecule has 2 amide bonds. The van der Waals surface area contributed by atoms with Crippen LogP contribution in [0, 0.1) is 29.6 Å². The summed E-state index contributed by atoms with van der Waals surface area (Å²) in [7, 11) is 0. The van der Waals surface area contributed by atoms with Gasteiger partial charge < -0.3 is 0 Å². The first kappa shape index (κ1) is 12.2. The summed E-state index contributed by atoms with van der Waals surface area (Å²) in [6.45, 7) is 4.38. The third-order valence-corrected chi connectivity index (χ3v) is 4.04. The van der Waals surface area contributed by atoms with Gasteiger partial charge in [-0.15, -0.1) is 11.8 Å². The van der Waals surface area contributed by atoms with Crippen molar-refractivity contribution >= 4 is 11.8 Å². The van der Waals surface area contributed by atoms with E-state index in [1.165, 1.54) is 4.90 Å². The quantitative estimate of drug-likeness (QED) is 0.551. The highest BCUT2D eigenvalue weighted by molar-refractivity contribution is 6.05. The number of carbonyl (C=O) groups excluding carboxylic acids is 2. The van der Waals surface area contributed by atoms with E-state index in [1.807, 2.05) is 0 Å². The number of nitrogens with zero attached hydrogens (tertiary/aromatic N) is 1. The summed E-state index contributed by atoms with van der Waals surface area (Å²) in [5.41, 5.74) is 0. The average Bonchev–Trinajstić information content (AvgIpc) is 2.84. The molecule has 2 aliphatic rings. The van der Waals surface area contributed by atoms with Crippen molar-refractivity contribution in [2.45, 2.75) is 39.5 Å². The van der Waals surface area contributed by atoms with Crippen molar-refractivity contribution in [1.29, 1.82) is 0 Å². The van der Waals surface area contributed by atoms with Gasteiger partial charge in [0.25, 0.3) is 0 Å². The second-order valence-corrected chi connectivity index (χ2v) is 4.96. The first-order valence-corrected chi connectivity index (χ1v) is 6.43. The lowest BCUT2D eigenvalue weighted by molar-refractivity contribution is -0.140. The van der Waals surface area contributed by atoms with Gasteiger partial charge in [-0.1, -0.05) is 13.3 Å². The third-order valence-electron chi connectivity index (χ3n) is 4.04. The summed E-state index contributed by atoms with van der Waals surface area (Å²) >= 11 is 0. The minimum atomic E-state index is -0.0259. The second kappa shape index (κ2) is 4.91. The molecule has 1 saturated carbocycles. The van der Waals surface area contributed by atoms with Crippen molar-refractivity contribution in [2.24, 2.45) is 17.8 Å². The first-order valence-electron chi connectivity index (χ1n) is 6.43. The maximum atomic E-state index is 12.1. The Labute approximate surface area is 103 Å². The van der Waals surface area contributed by atoms with Crippen molar-refractivity contribution in [3.63, 3.8) is 0 Å². The SMILES string of the molecule is CC#CCCN1C(=O)C2CC(CC)CC2C1=O. The van der Waals surface area contributed by atoms with Gasteiger partial charge in [0, 0.05) is 13.0 Å². The Morgan fingerprint density at radius 3 is 2.29 bits per heavy atom. The van der Waals surface area contributed by atoms with Crippen LogP contribution in [-0.4, -0.2) is 23.3 Å². The summed E-state index contributed by atoms with van der Waals surface area (Å²) in [5, 5.41) is 0. The molecule has 1 heterocycles. The Morgan fingerprint density at radius 1 is 1.24 bits per heavy atom. The molecule has 3 nitrogen and oxygen atoms in total. The van der Waals surface area contributed by atoms with Gasteiger partial charge in [0.2, 0.25) is 11.8 Å². The minimum Gasteiger partial charge on any atom is -0.281 e. The van der Waals surface area contributed by atoms with Crippen molar-refractivity contribution in [1.82, 2.24) is 4.90 Å². The molecule has 0 spiro atoms. The fourth-order valence-electron chi connectivity index (χ4n) is 3.04. The minimum absolute atomic E-state index is 0.0259. The normalized spacial score (nSPS) is 31.4. The number of hydrogen-bond acceptors (Lipinski definition) is 2. The summed E-state index contributed by atoms with van der Waals surface area (Å²) in [4.78, 5) is 25.7. The molecule has 0 N–H and O–H groups in total. The zero-order chi connectivity index (χ0) is 12.4. The molecule has 2 fully saturated rings. The van der Waals surface area contributed by atoms with Gasteiger partial charge in [0.15, 0.2) is 0 Å². The summed E-state index contributed by atoms with van der Waals surface area (Å²) in [6, 6.07) is 0. The molecule has 3 heteroatoms. The maximum absolute atomic E-state index is 12.1. The van der Waals surface area contributed by atoms with Crippen LogP contribution < -0.4 is 0 Å². The molecule has 2 atom stereocenters. The third kappa shape index (κ3) is 2.09. The van der Waals surface area contributed by atoms with Crippen molar-refractivity contribution in [2.75, 3.05) is 6.54 Å². The molecule has 0 aromatic heterocycles. The molecule has 92 valence electrons. The van der Waals surface area contributed by atoms with Gasteiger partial charge in [0.05, 0.1) is 11.8 Å². The molecule has 1 aliphatic heterocycles. The highest BCUT2D eigenvalue weighted by Crippen LogP contribution is 2.44. The van der Waals surface area contributed by atoms with Gasteiger partial charge in [-0.25, -0.2) is 0 Å². The number of amides is 2. The molecule has 0 radical (unpaired) electrons. The van der Waals surface area contributed by atoms with E-state index in [9.17, 15) is 9.59 Å². The predicted molar refractivity (Wildman–Crippen MR) is 64.8 cm³/mol. The van der Waals surface area contributed by atoms with Crippen molar-refractivity contribution in [3.05, 3.63) is 0 Å². The van der Waals surface area contributed by atoms with Gasteiger partial charge >= 0.3 is 0 Å². The maximum Gasteiger partial charge on any atom is 0.233 e. The van der Waals surface area contributed by atoms with E-state index in [2.05, 4.69) is 18.8 Å². The van der Waals surface area contributed by atoms with E-state index in [-0.39, 0.29) is 23.7 Å². The molecule has 2 unspecified atom stereocenters. The van der Waals surface area contributed by atoms with Gasteiger partial charge in [-0.05, 0) is 25.7 Å². The number of imide groups is 1. The van der Waals surface area contributed by atoms with Gasteiger partial charge in [-0.2, -0.15) is 0 Å². The number of carbonyl (C=O) groups is 2.